The zero-order valence-corrected chi connectivity index (χ0v) is 15.2. The normalized spacial score (nSPS) is 16.4. The third-order valence-electron chi connectivity index (χ3n) is 4.80. The van der Waals surface area contributed by atoms with E-state index in [4.69, 9.17) is 4.74 Å². The van der Waals surface area contributed by atoms with Crippen molar-refractivity contribution in [2.75, 3.05) is 13.2 Å². The van der Waals surface area contributed by atoms with Crippen LogP contribution in [0, 0.1) is 5.82 Å². The number of ketones is 1. The number of carbonyl (C=O) groups excluding carboxylic acids is 2. The maximum atomic E-state index is 13.6. The summed E-state index contributed by atoms with van der Waals surface area (Å²) in [5.74, 6) is -1.04. The summed E-state index contributed by atoms with van der Waals surface area (Å²) in [6.07, 6.45) is 1.97. The van der Waals surface area contributed by atoms with E-state index in [1.54, 1.807) is 16.7 Å². The molecule has 6 nitrogen and oxygen atoms in total. The summed E-state index contributed by atoms with van der Waals surface area (Å²) in [6, 6.07) is 12.7. The fraction of sp³-hybridized carbons (Fsp3) is 0.286. The molecule has 144 valence electrons. The second kappa shape index (κ2) is 7.90. The van der Waals surface area contributed by atoms with Crippen molar-refractivity contribution >= 4 is 22.7 Å². The molecule has 2 heterocycles. The minimum absolute atomic E-state index is 0.0388. The number of fused-ring (bicyclic) bond motifs is 1. The van der Waals surface area contributed by atoms with Gasteiger partial charge < -0.3 is 14.6 Å². The molecular weight excluding hydrogens is 361 g/mol. The number of halogens is 1. The van der Waals surface area contributed by atoms with Crippen molar-refractivity contribution < 1.29 is 18.7 Å². The number of benzene rings is 2. The van der Waals surface area contributed by atoms with Gasteiger partial charge in [-0.25, -0.2) is 9.37 Å². The maximum Gasteiger partial charge on any atom is 0.240 e. The van der Waals surface area contributed by atoms with Gasteiger partial charge in [-0.2, -0.15) is 0 Å². The lowest BCUT2D eigenvalue weighted by Crippen LogP contribution is -2.34. The monoisotopic (exact) mass is 381 g/mol. The Morgan fingerprint density at radius 1 is 1.21 bits per heavy atom. The number of nitrogens with one attached hydrogen (secondary N) is 1. The first-order chi connectivity index (χ1) is 13.6. The smallest absolute Gasteiger partial charge is 0.240 e. The largest absolute Gasteiger partial charge is 0.376 e. The van der Waals surface area contributed by atoms with E-state index >= 15 is 0 Å². The van der Waals surface area contributed by atoms with Crippen LogP contribution in [0.15, 0.2) is 48.5 Å². The van der Waals surface area contributed by atoms with Crippen LogP contribution >= 0.6 is 0 Å². The van der Waals surface area contributed by atoms with Crippen LogP contribution in [0.3, 0.4) is 0 Å². The Hall–Kier alpha value is -3.06. The molecule has 0 aliphatic carbocycles. The van der Waals surface area contributed by atoms with Gasteiger partial charge >= 0.3 is 0 Å². The number of amides is 1. The Bertz CT molecular complexity index is 1020. The highest BCUT2D eigenvalue weighted by molar-refractivity contribution is 6.08. The summed E-state index contributed by atoms with van der Waals surface area (Å²) in [4.78, 5) is 29.8. The van der Waals surface area contributed by atoms with Crippen LogP contribution in [0.5, 0.6) is 0 Å². The molecule has 1 atom stereocenters. The molecule has 2 aromatic carbocycles. The highest BCUT2D eigenvalue weighted by Crippen LogP contribution is 2.19. The number of hydrogen-bond acceptors (Lipinski definition) is 4. The number of hydrogen-bond donors (Lipinski definition) is 1. The van der Waals surface area contributed by atoms with Crippen LogP contribution in [0.25, 0.3) is 11.0 Å². The van der Waals surface area contributed by atoms with Crippen LogP contribution in [-0.4, -0.2) is 40.5 Å². The maximum absolute atomic E-state index is 13.6. The van der Waals surface area contributed by atoms with Gasteiger partial charge in [0.1, 0.15) is 12.4 Å². The van der Waals surface area contributed by atoms with Gasteiger partial charge in [-0.15, -0.1) is 0 Å². The van der Waals surface area contributed by atoms with E-state index in [0.717, 1.165) is 19.4 Å². The van der Waals surface area contributed by atoms with Gasteiger partial charge in [0.15, 0.2) is 5.82 Å². The SMILES string of the molecule is O=C(Cn1c(C(=O)c2cccc(F)c2)nc2ccccc21)NC[C@@H]1CCCO1. The Kier molecular flexibility index (Phi) is 5.16. The Morgan fingerprint density at radius 2 is 2.07 bits per heavy atom. The van der Waals surface area contributed by atoms with Crippen molar-refractivity contribution in [1.29, 1.82) is 0 Å². The minimum Gasteiger partial charge on any atom is -0.376 e. The molecule has 0 saturated carbocycles. The van der Waals surface area contributed by atoms with E-state index in [2.05, 4.69) is 10.3 Å². The van der Waals surface area contributed by atoms with Crippen molar-refractivity contribution in [2.45, 2.75) is 25.5 Å². The standard InChI is InChI=1S/C21H20FN3O3/c22-15-6-3-5-14(11-15)20(27)21-24-17-8-1-2-9-18(17)25(21)13-19(26)23-12-16-7-4-10-28-16/h1-3,5-6,8-9,11,16H,4,7,10,12-13H2,(H,23,26)/t16-/m0/s1. The summed E-state index contributed by atoms with van der Waals surface area (Å²) < 4.78 is 20.6. The molecular formula is C21H20FN3O3. The zero-order chi connectivity index (χ0) is 19.5. The second-order valence-corrected chi connectivity index (χ2v) is 6.79. The summed E-state index contributed by atoms with van der Waals surface area (Å²) >= 11 is 0. The van der Waals surface area contributed by atoms with Crippen LogP contribution in [0.2, 0.25) is 0 Å². The van der Waals surface area contributed by atoms with Crippen LogP contribution in [0.4, 0.5) is 4.39 Å². The molecule has 0 spiro atoms. The molecule has 1 saturated heterocycles. The predicted octanol–water partition coefficient (Wildman–Crippen LogP) is 2.70. The number of ether oxygens (including phenoxy) is 1. The molecule has 4 rings (SSSR count). The van der Waals surface area contributed by atoms with Crippen molar-refractivity contribution in [3.63, 3.8) is 0 Å². The number of rotatable bonds is 6. The van der Waals surface area contributed by atoms with E-state index in [0.29, 0.717) is 17.6 Å². The average Bonchev–Trinajstić information content (AvgIpc) is 3.34. The Labute approximate surface area is 161 Å². The fourth-order valence-electron chi connectivity index (χ4n) is 3.40. The van der Waals surface area contributed by atoms with Gasteiger partial charge in [0.25, 0.3) is 0 Å². The number of nitrogens with zero attached hydrogens (tertiary/aromatic N) is 2. The van der Waals surface area contributed by atoms with Crippen LogP contribution < -0.4 is 5.32 Å². The van der Waals surface area contributed by atoms with E-state index in [-0.39, 0.29) is 29.9 Å². The van der Waals surface area contributed by atoms with Crippen molar-refractivity contribution in [3.8, 4) is 0 Å². The van der Waals surface area contributed by atoms with Gasteiger partial charge in [0.05, 0.1) is 17.1 Å². The number of aromatic nitrogens is 2. The Morgan fingerprint density at radius 3 is 2.86 bits per heavy atom. The second-order valence-electron chi connectivity index (χ2n) is 6.79. The topological polar surface area (TPSA) is 73.2 Å². The van der Waals surface area contributed by atoms with Gasteiger partial charge in [-0.3, -0.25) is 9.59 Å². The van der Waals surface area contributed by atoms with E-state index in [1.807, 2.05) is 12.1 Å². The molecule has 0 unspecified atom stereocenters. The van der Waals surface area contributed by atoms with Crippen LogP contribution in [0.1, 0.15) is 29.0 Å². The number of carbonyl (C=O) groups is 2. The molecule has 7 heteroatoms. The van der Waals surface area contributed by atoms with E-state index in [1.165, 1.54) is 24.3 Å². The highest BCUT2D eigenvalue weighted by atomic mass is 19.1. The minimum atomic E-state index is -0.497. The summed E-state index contributed by atoms with van der Waals surface area (Å²) in [5, 5.41) is 2.86. The fourth-order valence-corrected chi connectivity index (χ4v) is 3.40. The number of imidazole rings is 1. The predicted molar refractivity (Wildman–Crippen MR) is 102 cm³/mol. The molecule has 3 aromatic rings. The molecule has 28 heavy (non-hydrogen) atoms. The van der Waals surface area contributed by atoms with E-state index in [9.17, 15) is 14.0 Å². The summed E-state index contributed by atoms with van der Waals surface area (Å²) in [7, 11) is 0. The molecule has 1 N–H and O–H groups in total. The summed E-state index contributed by atoms with van der Waals surface area (Å²) in [6.45, 7) is 1.11. The van der Waals surface area contributed by atoms with Crippen molar-refractivity contribution in [3.05, 3.63) is 65.7 Å². The zero-order valence-electron chi connectivity index (χ0n) is 15.2. The van der Waals surface area contributed by atoms with Crippen molar-refractivity contribution in [2.24, 2.45) is 0 Å². The summed E-state index contributed by atoms with van der Waals surface area (Å²) in [5.41, 5.74) is 1.47. The third kappa shape index (κ3) is 3.80. The molecule has 1 aromatic heterocycles. The molecule has 0 bridgehead atoms. The lowest BCUT2D eigenvalue weighted by molar-refractivity contribution is -0.122. The third-order valence-corrected chi connectivity index (χ3v) is 4.80. The highest BCUT2D eigenvalue weighted by Gasteiger charge is 2.22. The first-order valence-corrected chi connectivity index (χ1v) is 9.25. The average molecular weight is 381 g/mol. The first-order valence-electron chi connectivity index (χ1n) is 9.25. The molecule has 0 radical (unpaired) electrons. The van der Waals surface area contributed by atoms with Gasteiger partial charge in [0, 0.05) is 18.7 Å². The molecule has 1 fully saturated rings. The van der Waals surface area contributed by atoms with Gasteiger partial charge in [0.2, 0.25) is 11.7 Å². The van der Waals surface area contributed by atoms with Gasteiger partial charge in [-0.1, -0.05) is 24.3 Å². The lowest BCUT2D eigenvalue weighted by atomic mass is 10.1. The lowest BCUT2D eigenvalue weighted by Gasteiger charge is -2.12. The first kappa shape index (κ1) is 18.3. The van der Waals surface area contributed by atoms with E-state index < -0.39 is 11.6 Å². The molecule has 1 aliphatic rings. The number of para-hydroxylation sites is 2. The Balaban J connectivity index is 1.61. The molecule has 1 aliphatic heterocycles. The van der Waals surface area contributed by atoms with Gasteiger partial charge in [-0.05, 0) is 37.1 Å². The van der Waals surface area contributed by atoms with Crippen LogP contribution in [-0.2, 0) is 16.1 Å². The quantitative estimate of drug-likeness (QED) is 0.667. The van der Waals surface area contributed by atoms with Crippen molar-refractivity contribution in [1.82, 2.24) is 14.9 Å². The molecule has 1 amide bonds.